The van der Waals surface area contributed by atoms with Crippen LogP contribution in [0.4, 0.5) is 0 Å². The third-order valence-electron chi connectivity index (χ3n) is 5.97. The molecular weight excluding hydrogens is 444 g/mol. The first-order valence-electron chi connectivity index (χ1n) is 11.2. The van der Waals surface area contributed by atoms with Gasteiger partial charge >= 0.3 is 0 Å². The summed E-state index contributed by atoms with van der Waals surface area (Å²) in [7, 11) is 0. The van der Waals surface area contributed by atoms with Crippen molar-refractivity contribution in [2.45, 2.75) is 36.8 Å². The maximum atomic E-state index is 12.5. The normalized spacial score (nSPS) is 19.8. The van der Waals surface area contributed by atoms with Gasteiger partial charge in [0.2, 0.25) is 0 Å². The Labute approximate surface area is 198 Å². The molecule has 7 heteroatoms. The fourth-order valence-corrected chi connectivity index (χ4v) is 7.80. The van der Waals surface area contributed by atoms with Gasteiger partial charge in [0.1, 0.15) is 5.75 Å². The molecule has 0 aliphatic carbocycles. The maximum absolute atomic E-state index is 12.5. The molecule has 2 saturated heterocycles. The first-order chi connectivity index (χ1) is 15.2. The van der Waals surface area contributed by atoms with Crippen LogP contribution in [0, 0.1) is 5.92 Å². The van der Waals surface area contributed by atoms with E-state index in [2.05, 4.69) is 46.8 Å². The second-order valence-corrected chi connectivity index (χ2v) is 12.0. The van der Waals surface area contributed by atoms with Crippen molar-refractivity contribution in [3.8, 4) is 5.75 Å². The molecule has 31 heavy (non-hydrogen) atoms. The molecule has 4 nitrogen and oxygen atoms in total. The minimum Gasteiger partial charge on any atom is -0.484 e. The average molecular weight is 477 g/mol. The standard InChI is InChI=1S/C24H32N2O2S3/c1-18-9-11-26(12-10-18)21(22-4-2-13-29-22)16-25-23(27)17-28-20-7-5-19(6-8-20)24-30-14-3-15-31-24/h2,4-8,13,18,21,24H,3,9-12,14-17H2,1H3,(H,25,27). The SMILES string of the molecule is CC1CCN(C(CNC(=O)COc2ccc(C3SCCCS3)cc2)c2cccs2)CC1. The van der Waals surface area contributed by atoms with Crippen LogP contribution in [-0.4, -0.2) is 48.6 Å². The van der Waals surface area contributed by atoms with E-state index in [0.717, 1.165) is 24.8 Å². The lowest BCUT2D eigenvalue weighted by Crippen LogP contribution is -2.42. The molecule has 2 aliphatic rings. The number of carbonyl (C=O) groups is 1. The molecule has 0 saturated carbocycles. The summed E-state index contributed by atoms with van der Waals surface area (Å²) in [5, 5.41) is 5.23. The molecule has 1 amide bonds. The molecule has 168 valence electrons. The van der Waals surface area contributed by atoms with E-state index in [-0.39, 0.29) is 18.6 Å². The van der Waals surface area contributed by atoms with E-state index in [1.54, 1.807) is 11.3 Å². The lowest BCUT2D eigenvalue weighted by Gasteiger charge is -2.36. The van der Waals surface area contributed by atoms with Crippen molar-refractivity contribution >= 4 is 40.8 Å². The van der Waals surface area contributed by atoms with Gasteiger partial charge in [0.05, 0.1) is 10.6 Å². The highest BCUT2D eigenvalue weighted by atomic mass is 32.2. The van der Waals surface area contributed by atoms with Crippen molar-refractivity contribution in [3.05, 3.63) is 52.2 Å². The highest BCUT2D eigenvalue weighted by Gasteiger charge is 2.25. The summed E-state index contributed by atoms with van der Waals surface area (Å²) in [6, 6.07) is 12.8. The summed E-state index contributed by atoms with van der Waals surface area (Å²) in [5.74, 6) is 3.96. The van der Waals surface area contributed by atoms with Gasteiger partial charge in [-0.25, -0.2) is 0 Å². The Bertz CT molecular complexity index is 799. The molecule has 1 aromatic carbocycles. The number of carbonyl (C=O) groups excluding carboxylic acids is 1. The summed E-state index contributed by atoms with van der Waals surface area (Å²) in [6.07, 6.45) is 3.76. The number of nitrogens with one attached hydrogen (secondary N) is 1. The number of hydrogen-bond acceptors (Lipinski definition) is 6. The van der Waals surface area contributed by atoms with Crippen LogP contribution in [-0.2, 0) is 4.79 Å². The fourth-order valence-electron chi connectivity index (χ4n) is 4.04. The Hall–Kier alpha value is -1.15. The van der Waals surface area contributed by atoms with Crippen molar-refractivity contribution in [1.29, 1.82) is 0 Å². The Kier molecular flexibility index (Phi) is 8.64. The second-order valence-electron chi connectivity index (χ2n) is 8.34. The second kappa shape index (κ2) is 11.6. The first kappa shape index (κ1) is 23.0. The van der Waals surface area contributed by atoms with Crippen LogP contribution >= 0.6 is 34.9 Å². The predicted octanol–water partition coefficient (Wildman–Crippen LogP) is 5.59. The third-order valence-corrected chi connectivity index (χ3v) is 9.96. The molecule has 2 fully saturated rings. The maximum Gasteiger partial charge on any atom is 0.258 e. The molecule has 2 aromatic rings. The monoisotopic (exact) mass is 476 g/mol. The van der Waals surface area contributed by atoms with Gasteiger partial charge in [0.25, 0.3) is 5.91 Å². The van der Waals surface area contributed by atoms with Gasteiger partial charge in [-0.1, -0.05) is 25.1 Å². The van der Waals surface area contributed by atoms with Crippen LogP contribution in [0.2, 0.25) is 0 Å². The van der Waals surface area contributed by atoms with E-state index in [4.69, 9.17) is 4.74 Å². The van der Waals surface area contributed by atoms with Gasteiger partial charge in [0.15, 0.2) is 6.61 Å². The van der Waals surface area contributed by atoms with Gasteiger partial charge in [0, 0.05) is 11.4 Å². The van der Waals surface area contributed by atoms with Gasteiger partial charge in [-0.2, -0.15) is 0 Å². The lowest BCUT2D eigenvalue weighted by atomic mass is 9.97. The van der Waals surface area contributed by atoms with E-state index in [0.29, 0.717) is 11.1 Å². The van der Waals surface area contributed by atoms with Crippen molar-refractivity contribution in [2.24, 2.45) is 5.92 Å². The largest absolute Gasteiger partial charge is 0.484 e. The minimum absolute atomic E-state index is 0.0560. The summed E-state index contributed by atoms with van der Waals surface area (Å²) in [5.41, 5.74) is 1.33. The zero-order chi connectivity index (χ0) is 21.5. The van der Waals surface area contributed by atoms with E-state index in [9.17, 15) is 4.79 Å². The summed E-state index contributed by atoms with van der Waals surface area (Å²) in [4.78, 5) is 16.3. The van der Waals surface area contributed by atoms with E-state index in [1.165, 1.54) is 41.2 Å². The number of rotatable bonds is 8. The zero-order valence-corrected chi connectivity index (χ0v) is 20.6. The summed E-state index contributed by atoms with van der Waals surface area (Å²) < 4.78 is 6.28. The molecule has 0 spiro atoms. The number of likely N-dealkylation sites (tertiary alicyclic amines) is 1. The molecule has 0 bridgehead atoms. The Morgan fingerprint density at radius 1 is 1.16 bits per heavy atom. The average Bonchev–Trinajstić information content (AvgIpc) is 3.34. The van der Waals surface area contributed by atoms with E-state index >= 15 is 0 Å². The topological polar surface area (TPSA) is 41.6 Å². The van der Waals surface area contributed by atoms with Crippen LogP contribution in [0.15, 0.2) is 41.8 Å². The number of benzene rings is 1. The fraction of sp³-hybridized carbons (Fsp3) is 0.542. The van der Waals surface area contributed by atoms with Crippen molar-refractivity contribution < 1.29 is 9.53 Å². The first-order valence-corrected chi connectivity index (χ1v) is 14.2. The number of hydrogen-bond donors (Lipinski definition) is 1. The van der Waals surface area contributed by atoms with Crippen LogP contribution in [0.1, 0.15) is 47.3 Å². The number of thiophene rings is 1. The van der Waals surface area contributed by atoms with Gasteiger partial charge < -0.3 is 10.1 Å². The number of piperidine rings is 1. The number of thioether (sulfide) groups is 2. The molecular formula is C24H32N2O2S3. The van der Waals surface area contributed by atoms with Gasteiger partial charge in [-0.15, -0.1) is 34.9 Å². The number of ether oxygens (including phenoxy) is 1. The van der Waals surface area contributed by atoms with Crippen molar-refractivity contribution in [3.63, 3.8) is 0 Å². The van der Waals surface area contributed by atoms with Gasteiger partial charge in [-0.05, 0) is 78.9 Å². The van der Waals surface area contributed by atoms with Crippen molar-refractivity contribution in [1.82, 2.24) is 10.2 Å². The van der Waals surface area contributed by atoms with Crippen LogP contribution in [0.5, 0.6) is 5.75 Å². The Morgan fingerprint density at radius 3 is 2.58 bits per heavy atom. The highest BCUT2D eigenvalue weighted by Crippen LogP contribution is 2.43. The minimum atomic E-state index is -0.0607. The van der Waals surface area contributed by atoms with Crippen LogP contribution < -0.4 is 10.1 Å². The number of amides is 1. The predicted molar refractivity (Wildman–Crippen MR) is 134 cm³/mol. The van der Waals surface area contributed by atoms with Crippen LogP contribution in [0.25, 0.3) is 0 Å². The van der Waals surface area contributed by atoms with E-state index in [1.807, 2.05) is 35.7 Å². The highest BCUT2D eigenvalue weighted by molar-refractivity contribution is 8.16. The number of nitrogens with zero attached hydrogens (tertiary/aromatic N) is 1. The van der Waals surface area contributed by atoms with Crippen molar-refractivity contribution in [2.75, 3.05) is 37.7 Å². The molecule has 4 rings (SSSR count). The zero-order valence-electron chi connectivity index (χ0n) is 18.1. The molecule has 1 unspecified atom stereocenters. The summed E-state index contributed by atoms with van der Waals surface area (Å²) in [6.45, 7) is 5.21. The molecule has 3 heterocycles. The van der Waals surface area contributed by atoms with E-state index < -0.39 is 0 Å². The molecule has 2 aliphatic heterocycles. The Morgan fingerprint density at radius 2 is 1.90 bits per heavy atom. The summed E-state index contributed by atoms with van der Waals surface area (Å²) >= 11 is 5.80. The third kappa shape index (κ3) is 6.67. The van der Waals surface area contributed by atoms with Crippen LogP contribution in [0.3, 0.4) is 0 Å². The molecule has 1 atom stereocenters. The quantitative estimate of drug-likeness (QED) is 0.538. The molecule has 1 N–H and O–H groups in total. The smallest absolute Gasteiger partial charge is 0.258 e. The molecule has 0 radical (unpaired) electrons. The Balaban J connectivity index is 1.25. The molecule has 1 aromatic heterocycles. The lowest BCUT2D eigenvalue weighted by molar-refractivity contribution is -0.123. The van der Waals surface area contributed by atoms with Gasteiger partial charge in [-0.3, -0.25) is 9.69 Å².